The molecule has 0 atom stereocenters. The topological polar surface area (TPSA) is 63.5 Å². The second-order valence-electron chi connectivity index (χ2n) is 3.03. The molecule has 0 aromatic rings. The van der Waals surface area contributed by atoms with Crippen LogP contribution in [0.25, 0.3) is 0 Å². The molecule has 0 rings (SSSR count). The van der Waals surface area contributed by atoms with Crippen LogP contribution < -0.4 is 0 Å². The molecule has 0 bridgehead atoms. The van der Waals surface area contributed by atoms with E-state index < -0.39 is 4.65 Å². The number of quaternary nitrogens is 1. The quantitative estimate of drug-likeness (QED) is 0.428. The van der Waals surface area contributed by atoms with Crippen molar-refractivity contribution in [2.45, 2.75) is 19.8 Å². The molecular weight excluding hydrogens is 158 g/mol. The number of unbranched alkanes of at least 4 members (excludes halogenated alkanes) is 1. The van der Waals surface area contributed by atoms with Gasteiger partial charge in [-0.3, -0.25) is 0 Å². The molecule has 2 N–H and O–H groups in total. The minimum Gasteiger partial charge on any atom is -0.633 e. The summed E-state index contributed by atoms with van der Waals surface area (Å²) in [6.45, 7) is 2.70. The summed E-state index contributed by atoms with van der Waals surface area (Å²) in [7, 11) is 0. The van der Waals surface area contributed by atoms with Gasteiger partial charge in [-0.05, 0) is 6.42 Å². The molecule has 0 unspecified atom stereocenters. The summed E-state index contributed by atoms with van der Waals surface area (Å²) in [5.74, 6) is 0. The van der Waals surface area contributed by atoms with Gasteiger partial charge in [0.2, 0.25) is 0 Å². The number of hydroxylamine groups is 3. The van der Waals surface area contributed by atoms with Gasteiger partial charge in [-0.25, -0.2) is 0 Å². The van der Waals surface area contributed by atoms with Gasteiger partial charge in [0.1, 0.15) is 13.1 Å². The molecule has 0 aliphatic rings. The number of hydrogen-bond donors (Lipinski definition) is 2. The first-order valence-corrected chi connectivity index (χ1v) is 4.47. The lowest BCUT2D eigenvalue weighted by Crippen LogP contribution is -2.46. The predicted octanol–water partition coefficient (Wildman–Crippen LogP) is 0.0857. The summed E-state index contributed by atoms with van der Waals surface area (Å²) in [6, 6.07) is 0. The second-order valence-corrected chi connectivity index (χ2v) is 3.03. The number of aliphatic hydroxyl groups is 2. The van der Waals surface area contributed by atoms with Crippen LogP contribution in [-0.4, -0.2) is 47.7 Å². The molecule has 12 heavy (non-hydrogen) atoms. The van der Waals surface area contributed by atoms with Crippen molar-refractivity contribution in [3.63, 3.8) is 0 Å². The Kier molecular flexibility index (Phi) is 6.28. The lowest BCUT2D eigenvalue weighted by atomic mass is 10.3. The minimum atomic E-state index is -0.458. The maximum atomic E-state index is 11.7. The SMILES string of the molecule is CCCC[N+]([O-])(CCO)CCO. The Hall–Kier alpha value is -0.160. The van der Waals surface area contributed by atoms with E-state index in [1.54, 1.807) is 0 Å². The Bertz CT molecular complexity index is 102. The van der Waals surface area contributed by atoms with E-state index in [-0.39, 0.29) is 26.3 Å². The van der Waals surface area contributed by atoms with E-state index in [4.69, 9.17) is 10.2 Å². The minimum absolute atomic E-state index is 0.104. The van der Waals surface area contributed by atoms with E-state index in [1.807, 2.05) is 6.92 Å². The Balaban J connectivity index is 3.80. The normalized spacial score (nSPS) is 12.0. The third kappa shape index (κ3) is 4.66. The maximum Gasteiger partial charge on any atom is 0.102 e. The molecular formula is C8H19NO3. The van der Waals surface area contributed by atoms with E-state index in [9.17, 15) is 5.21 Å². The van der Waals surface area contributed by atoms with Crippen molar-refractivity contribution >= 4 is 0 Å². The highest BCUT2D eigenvalue weighted by molar-refractivity contribution is 4.44. The first-order chi connectivity index (χ1) is 5.68. The van der Waals surface area contributed by atoms with Gasteiger partial charge in [-0.1, -0.05) is 13.3 Å². The molecule has 0 aromatic heterocycles. The van der Waals surface area contributed by atoms with Crippen LogP contribution >= 0.6 is 0 Å². The standard InChI is InChI=1S/C8H19NO3/c1-2-3-4-9(12,5-7-10)6-8-11/h10-11H,2-8H2,1H3. The summed E-state index contributed by atoms with van der Waals surface area (Å²) in [6.07, 6.45) is 1.82. The van der Waals surface area contributed by atoms with Gasteiger partial charge >= 0.3 is 0 Å². The molecule has 0 heterocycles. The fourth-order valence-corrected chi connectivity index (χ4v) is 1.15. The van der Waals surface area contributed by atoms with Crippen molar-refractivity contribution in [2.75, 3.05) is 32.8 Å². The van der Waals surface area contributed by atoms with Crippen molar-refractivity contribution in [1.82, 2.24) is 0 Å². The van der Waals surface area contributed by atoms with Crippen LogP contribution in [0.1, 0.15) is 19.8 Å². The molecule has 0 fully saturated rings. The maximum absolute atomic E-state index is 11.7. The average molecular weight is 177 g/mol. The summed E-state index contributed by atoms with van der Waals surface area (Å²) in [5, 5.41) is 28.9. The van der Waals surface area contributed by atoms with Crippen LogP contribution in [0.3, 0.4) is 0 Å². The lowest BCUT2D eigenvalue weighted by molar-refractivity contribution is -0.881. The van der Waals surface area contributed by atoms with Crippen molar-refractivity contribution in [1.29, 1.82) is 0 Å². The number of hydrogen-bond acceptors (Lipinski definition) is 3. The molecule has 4 heteroatoms. The Morgan fingerprint density at radius 2 is 1.58 bits per heavy atom. The second kappa shape index (κ2) is 6.37. The van der Waals surface area contributed by atoms with Gasteiger partial charge in [-0.15, -0.1) is 0 Å². The van der Waals surface area contributed by atoms with Crippen LogP contribution in [0, 0.1) is 5.21 Å². The Labute approximate surface area is 73.6 Å². The van der Waals surface area contributed by atoms with E-state index in [2.05, 4.69) is 0 Å². The highest BCUT2D eigenvalue weighted by Gasteiger charge is 2.13. The third-order valence-electron chi connectivity index (χ3n) is 1.93. The van der Waals surface area contributed by atoms with E-state index in [1.165, 1.54) is 0 Å². The fraction of sp³-hybridized carbons (Fsp3) is 1.00. The van der Waals surface area contributed by atoms with Crippen LogP contribution in [0.2, 0.25) is 0 Å². The summed E-state index contributed by atoms with van der Waals surface area (Å²) >= 11 is 0. The number of rotatable bonds is 7. The zero-order valence-electron chi connectivity index (χ0n) is 7.70. The average Bonchev–Trinajstić information content (AvgIpc) is 2.02. The lowest BCUT2D eigenvalue weighted by Gasteiger charge is -2.41. The van der Waals surface area contributed by atoms with Crippen molar-refractivity contribution in [2.24, 2.45) is 0 Å². The zero-order chi connectivity index (χ0) is 9.45. The van der Waals surface area contributed by atoms with Crippen molar-refractivity contribution in [3.8, 4) is 0 Å². The predicted molar refractivity (Wildman–Crippen MR) is 47.3 cm³/mol. The molecule has 0 saturated carbocycles. The van der Waals surface area contributed by atoms with Gasteiger partial charge in [0.05, 0.1) is 19.8 Å². The summed E-state index contributed by atoms with van der Waals surface area (Å²) < 4.78 is -0.458. The van der Waals surface area contributed by atoms with Gasteiger partial charge < -0.3 is 20.1 Å². The van der Waals surface area contributed by atoms with Gasteiger partial charge in [-0.2, -0.15) is 0 Å². The van der Waals surface area contributed by atoms with Crippen molar-refractivity contribution in [3.05, 3.63) is 5.21 Å². The number of nitrogens with zero attached hydrogens (tertiary/aromatic N) is 1. The highest BCUT2D eigenvalue weighted by atomic mass is 16.5. The molecule has 0 radical (unpaired) electrons. The van der Waals surface area contributed by atoms with E-state index in [0.29, 0.717) is 6.54 Å². The monoisotopic (exact) mass is 177 g/mol. The zero-order valence-corrected chi connectivity index (χ0v) is 7.70. The Morgan fingerprint density at radius 1 is 1.08 bits per heavy atom. The molecule has 74 valence electrons. The van der Waals surface area contributed by atoms with Gasteiger partial charge in [0.25, 0.3) is 0 Å². The smallest absolute Gasteiger partial charge is 0.102 e. The summed E-state index contributed by atoms with van der Waals surface area (Å²) in [4.78, 5) is 0. The molecule has 0 saturated heterocycles. The van der Waals surface area contributed by atoms with Crippen LogP contribution in [0.5, 0.6) is 0 Å². The molecule has 0 aromatic carbocycles. The third-order valence-corrected chi connectivity index (χ3v) is 1.93. The fourth-order valence-electron chi connectivity index (χ4n) is 1.15. The van der Waals surface area contributed by atoms with Crippen molar-refractivity contribution < 1.29 is 14.9 Å². The molecule has 4 nitrogen and oxygen atoms in total. The van der Waals surface area contributed by atoms with Crippen LogP contribution in [0.4, 0.5) is 0 Å². The highest BCUT2D eigenvalue weighted by Crippen LogP contribution is 2.05. The first-order valence-electron chi connectivity index (χ1n) is 4.47. The molecule has 0 aliphatic carbocycles. The largest absolute Gasteiger partial charge is 0.633 e. The molecule has 0 spiro atoms. The van der Waals surface area contributed by atoms with E-state index >= 15 is 0 Å². The van der Waals surface area contributed by atoms with E-state index in [0.717, 1.165) is 12.8 Å². The van der Waals surface area contributed by atoms with Crippen LogP contribution in [-0.2, 0) is 0 Å². The summed E-state index contributed by atoms with van der Waals surface area (Å²) in [5.41, 5.74) is 0. The molecule has 0 amide bonds. The van der Waals surface area contributed by atoms with Gasteiger partial charge in [0.15, 0.2) is 0 Å². The molecule has 0 aliphatic heterocycles. The Morgan fingerprint density at radius 3 is 1.92 bits per heavy atom. The van der Waals surface area contributed by atoms with Crippen LogP contribution in [0.15, 0.2) is 0 Å². The van der Waals surface area contributed by atoms with Gasteiger partial charge in [0, 0.05) is 0 Å². The first kappa shape index (κ1) is 11.8. The number of aliphatic hydroxyl groups excluding tert-OH is 2.